The van der Waals surface area contributed by atoms with Crippen LogP contribution in [0.15, 0.2) is 206 Å². The summed E-state index contributed by atoms with van der Waals surface area (Å²) in [5.74, 6) is 0. The van der Waals surface area contributed by atoms with Gasteiger partial charge in [-0.25, -0.2) is 0 Å². The van der Waals surface area contributed by atoms with Gasteiger partial charge >= 0.3 is 0 Å². The van der Waals surface area contributed by atoms with Crippen LogP contribution in [0.2, 0.25) is 0 Å². The van der Waals surface area contributed by atoms with Crippen molar-refractivity contribution in [2.24, 2.45) is 0 Å². The van der Waals surface area contributed by atoms with Gasteiger partial charge in [0.1, 0.15) is 0 Å². The predicted octanol–water partition coefficient (Wildman–Crippen LogP) is 15.9. The molecule has 0 aromatic heterocycles. The van der Waals surface area contributed by atoms with E-state index in [-0.39, 0.29) is 0 Å². The Bertz CT molecular complexity index is 3510. The van der Waals surface area contributed by atoms with Crippen molar-refractivity contribution in [2.45, 2.75) is 0 Å². The number of rotatable bonds is 4. The van der Waals surface area contributed by atoms with E-state index < -0.39 is 0 Å². The van der Waals surface area contributed by atoms with Crippen molar-refractivity contribution in [3.63, 3.8) is 0 Å². The van der Waals surface area contributed by atoms with Crippen LogP contribution < -0.4 is 0 Å². The lowest BCUT2D eigenvalue weighted by atomic mass is 9.86. The minimum absolute atomic E-state index is 1.23. The number of fused-ring (bicyclic) bond motifs is 6. The zero-order valence-corrected chi connectivity index (χ0v) is 30.6. The molecular formula is C56H34. The van der Waals surface area contributed by atoms with Crippen LogP contribution in [-0.4, -0.2) is 0 Å². The van der Waals surface area contributed by atoms with Crippen LogP contribution in [0.4, 0.5) is 0 Å². The minimum atomic E-state index is 1.23. The summed E-state index contributed by atoms with van der Waals surface area (Å²) in [5, 5.41) is 18.1. The van der Waals surface area contributed by atoms with Crippen LogP contribution >= 0.6 is 0 Å². The molecule has 0 atom stereocenters. The summed E-state index contributed by atoms with van der Waals surface area (Å²) in [5.41, 5.74) is 9.92. The Morgan fingerprint density at radius 1 is 0.179 bits per heavy atom. The highest BCUT2D eigenvalue weighted by atomic mass is 14.2. The molecule has 0 aliphatic heterocycles. The lowest BCUT2D eigenvalue weighted by Gasteiger charge is -2.17. The van der Waals surface area contributed by atoms with Crippen molar-refractivity contribution in [1.82, 2.24) is 0 Å². The van der Waals surface area contributed by atoms with E-state index in [2.05, 4.69) is 206 Å². The summed E-state index contributed by atoms with van der Waals surface area (Å²) in [4.78, 5) is 0. The first-order chi connectivity index (χ1) is 27.7. The molecule has 258 valence electrons. The van der Waals surface area contributed by atoms with Crippen LogP contribution in [0.25, 0.3) is 120 Å². The second kappa shape index (κ2) is 12.1. The van der Waals surface area contributed by atoms with Gasteiger partial charge in [-0.3, -0.25) is 0 Å². The fourth-order valence-corrected chi connectivity index (χ4v) is 9.40. The highest BCUT2D eigenvalue weighted by Crippen LogP contribution is 2.43. The zero-order chi connectivity index (χ0) is 36.7. The molecule has 0 aliphatic carbocycles. The van der Waals surface area contributed by atoms with Crippen LogP contribution in [0.1, 0.15) is 0 Å². The Kier molecular flexibility index (Phi) is 6.73. The van der Waals surface area contributed by atoms with Gasteiger partial charge in [0.15, 0.2) is 0 Å². The first-order valence-electron chi connectivity index (χ1n) is 19.5. The SMILES string of the molecule is c1cc(-c2ccc3c(ccc4ccccc43)c2)cc(-c2ccc3ccc4c(-c5ccc(-c6ccc7c(ccc8ccccc87)c6)cc5)ccc5ccc2c3c54)c1. The quantitative estimate of drug-likeness (QED) is 0.160. The third kappa shape index (κ3) is 4.79. The molecule has 0 saturated carbocycles. The third-order valence-electron chi connectivity index (χ3n) is 12.2. The molecule has 0 fully saturated rings. The molecule has 0 heterocycles. The molecule has 0 heteroatoms. The minimum Gasteiger partial charge on any atom is -0.0616 e. The van der Waals surface area contributed by atoms with Gasteiger partial charge in [0.2, 0.25) is 0 Å². The maximum Gasteiger partial charge on any atom is -0.00203 e. The average Bonchev–Trinajstić information content (AvgIpc) is 3.27. The van der Waals surface area contributed by atoms with Crippen molar-refractivity contribution in [3.8, 4) is 44.5 Å². The van der Waals surface area contributed by atoms with Gasteiger partial charge in [-0.15, -0.1) is 0 Å². The predicted molar refractivity (Wildman–Crippen MR) is 242 cm³/mol. The molecule has 56 heavy (non-hydrogen) atoms. The molecule has 0 unspecified atom stereocenters. The molecule has 0 saturated heterocycles. The number of benzene rings is 12. The fourth-order valence-electron chi connectivity index (χ4n) is 9.40. The average molecular weight is 707 g/mol. The van der Waals surface area contributed by atoms with E-state index in [1.807, 2.05) is 0 Å². The van der Waals surface area contributed by atoms with Gasteiger partial charge in [-0.05, 0) is 138 Å². The molecule has 12 aromatic carbocycles. The van der Waals surface area contributed by atoms with Gasteiger partial charge in [0.25, 0.3) is 0 Å². The molecular weight excluding hydrogens is 673 g/mol. The standard InChI is InChI=1S/C56H34/c1-3-10-47-36(6-1)16-18-45-33-42(24-28-50(45)47)35-12-14-38(15-13-35)49-26-20-39-23-31-54-52(27-21-40-22-30-53(49)55(39)56(40)54)44-9-5-8-41(32-44)43-25-29-51-46(34-43)19-17-37-7-2-4-11-48(37)51/h1-34H. The second-order valence-corrected chi connectivity index (χ2v) is 15.3. The normalized spacial score (nSPS) is 11.9. The Morgan fingerprint density at radius 2 is 0.571 bits per heavy atom. The maximum absolute atomic E-state index is 2.36. The molecule has 12 aromatic rings. The Labute approximate surface area is 324 Å². The van der Waals surface area contributed by atoms with Crippen LogP contribution in [-0.2, 0) is 0 Å². The molecule has 0 N–H and O–H groups in total. The van der Waals surface area contributed by atoms with Gasteiger partial charge < -0.3 is 0 Å². The molecule has 0 amide bonds. The summed E-state index contributed by atoms with van der Waals surface area (Å²) in [6.45, 7) is 0. The van der Waals surface area contributed by atoms with Gasteiger partial charge in [-0.2, -0.15) is 0 Å². The van der Waals surface area contributed by atoms with Crippen molar-refractivity contribution in [3.05, 3.63) is 206 Å². The van der Waals surface area contributed by atoms with Crippen LogP contribution in [0.5, 0.6) is 0 Å². The molecule has 0 aliphatic rings. The van der Waals surface area contributed by atoms with Crippen molar-refractivity contribution < 1.29 is 0 Å². The van der Waals surface area contributed by atoms with Gasteiger partial charge in [0.05, 0.1) is 0 Å². The first-order valence-corrected chi connectivity index (χ1v) is 19.5. The van der Waals surface area contributed by atoms with E-state index in [0.717, 1.165) is 0 Å². The first kappa shape index (κ1) is 31.1. The van der Waals surface area contributed by atoms with Crippen molar-refractivity contribution in [2.75, 3.05) is 0 Å². The largest absolute Gasteiger partial charge is 0.0616 e. The summed E-state index contributed by atoms with van der Waals surface area (Å²) >= 11 is 0. The summed E-state index contributed by atoms with van der Waals surface area (Å²) in [6, 6.07) is 76.7. The number of hydrogen-bond acceptors (Lipinski definition) is 0. The van der Waals surface area contributed by atoms with Crippen molar-refractivity contribution >= 4 is 75.4 Å². The summed E-state index contributed by atoms with van der Waals surface area (Å²) in [7, 11) is 0. The Hall–Kier alpha value is -7.28. The van der Waals surface area contributed by atoms with Crippen molar-refractivity contribution in [1.29, 1.82) is 0 Å². The Balaban J connectivity index is 0.933. The van der Waals surface area contributed by atoms with E-state index in [4.69, 9.17) is 0 Å². The van der Waals surface area contributed by atoms with E-state index >= 15 is 0 Å². The van der Waals surface area contributed by atoms with E-state index in [0.29, 0.717) is 0 Å². The molecule has 12 rings (SSSR count). The number of hydrogen-bond donors (Lipinski definition) is 0. The third-order valence-corrected chi connectivity index (χ3v) is 12.2. The maximum atomic E-state index is 2.36. The second-order valence-electron chi connectivity index (χ2n) is 15.3. The van der Waals surface area contributed by atoms with E-state index in [1.54, 1.807) is 0 Å². The van der Waals surface area contributed by atoms with Gasteiger partial charge in [0, 0.05) is 0 Å². The smallest absolute Gasteiger partial charge is 0.00203 e. The molecule has 0 radical (unpaired) electrons. The molecule has 0 bridgehead atoms. The highest BCUT2D eigenvalue weighted by molar-refractivity contribution is 6.27. The van der Waals surface area contributed by atoms with Crippen LogP contribution in [0, 0.1) is 0 Å². The molecule has 0 spiro atoms. The Morgan fingerprint density at radius 3 is 1.18 bits per heavy atom. The molecule has 0 nitrogen and oxygen atoms in total. The van der Waals surface area contributed by atoms with E-state index in [1.165, 1.54) is 120 Å². The monoisotopic (exact) mass is 706 g/mol. The fraction of sp³-hybridized carbons (Fsp3) is 0. The summed E-state index contributed by atoms with van der Waals surface area (Å²) < 4.78 is 0. The zero-order valence-electron chi connectivity index (χ0n) is 30.6. The summed E-state index contributed by atoms with van der Waals surface area (Å²) in [6.07, 6.45) is 0. The lowest BCUT2D eigenvalue weighted by Crippen LogP contribution is -1.90. The topological polar surface area (TPSA) is 0 Å². The lowest BCUT2D eigenvalue weighted by molar-refractivity contribution is 1.62. The van der Waals surface area contributed by atoms with Crippen LogP contribution in [0.3, 0.4) is 0 Å². The highest BCUT2D eigenvalue weighted by Gasteiger charge is 2.16. The van der Waals surface area contributed by atoms with E-state index in [9.17, 15) is 0 Å². The van der Waals surface area contributed by atoms with Gasteiger partial charge in [-0.1, -0.05) is 188 Å².